The van der Waals surface area contributed by atoms with Gasteiger partial charge >= 0.3 is 12.1 Å². The number of fused-ring (bicyclic) bond motifs is 2. The molecule has 0 aliphatic carbocycles. The number of halogens is 4. The number of hydrogen-bond donors (Lipinski definition) is 1. The van der Waals surface area contributed by atoms with Gasteiger partial charge in [-0.25, -0.2) is 9.07 Å². The number of ether oxygens (including phenoxy) is 1. The quantitative estimate of drug-likeness (QED) is 0.276. The predicted octanol–water partition coefficient (Wildman–Crippen LogP) is 5.99. The molecule has 5 rings (SSSR count). The number of nitrogens with zero attached hydrogens (tertiary/aromatic N) is 2. The van der Waals surface area contributed by atoms with Gasteiger partial charge in [0.25, 0.3) is 0 Å². The van der Waals surface area contributed by atoms with Gasteiger partial charge < -0.3 is 10.1 Å². The molecule has 1 unspecified atom stereocenters. The van der Waals surface area contributed by atoms with Crippen LogP contribution in [0.4, 0.5) is 17.6 Å². The van der Waals surface area contributed by atoms with Crippen LogP contribution in [0.25, 0.3) is 27.4 Å². The van der Waals surface area contributed by atoms with Crippen LogP contribution in [0.1, 0.15) is 5.56 Å². The summed E-state index contributed by atoms with van der Waals surface area (Å²) in [5.41, 5.74) is 2.19. The number of hydrogen-bond acceptors (Lipinski definition) is 3. The minimum atomic E-state index is -5.00. The van der Waals surface area contributed by atoms with Gasteiger partial charge in [0.15, 0.2) is 0 Å². The summed E-state index contributed by atoms with van der Waals surface area (Å²) < 4.78 is 59.6. The van der Waals surface area contributed by atoms with E-state index in [1.165, 1.54) is 12.1 Å². The predicted molar refractivity (Wildman–Crippen MR) is 132 cm³/mol. The lowest BCUT2D eigenvalue weighted by atomic mass is 10.0. The van der Waals surface area contributed by atoms with Crippen molar-refractivity contribution in [3.05, 3.63) is 103 Å². The molecule has 0 bridgehead atoms. The Morgan fingerprint density at radius 3 is 2.43 bits per heavy atom. The SMILES string of the molecule is O=C(NC(COc1ccc2c(cnn2-c2ccc(F)cc2)c1)Cc1ccc2ccccc2c1)C(F)(F)F. The molecule has 4 aromatic carbocycles. The van der Waals surface area contributed by atoms with Crippen LogP contribution in [0, 0.1) is 5.82 Å². The van der Waals surface area contributed by atoms with Crippen LogP contribution in [0.5, 0.6) is 5.75 Å². The molecule has 5 nitrogen and oxygen atoms in total. The van der Waals surface area contributed by atoms with Crippen molar-refractivity contribution in [3.8, 4) is 11.4 Å². The van der Waals surface area contributed by atoms with E-state index in [0.29, 0.717) is 11.4 Å². The summed E-state index contributed by atoms with van der Waals surface area (Å²) >= 11 is 0. The maximum Gasteiger partial charge on any atom is 0.471 e. The Bertz CT molecular complexity index is 1560. The summed E-state index contributed by atoms with van der Waals surface area (Å²) in [5.74, 6) is -1.96. The van der Waals surface area contributed by atoms with Crippen molar-refractivity contribution in [3.63, 3.8) is 0 Å². The van der Waals surface area contributed by atoms with Crippen molar-refractivity contribution in [2.45, 2.75) is 18.6 Å². The van der Waals surface area contributed by atoms with Crippen LogP contribution < -0.4 is 10.1 Å². The van der Waals surface area contributed by atoms with Crippen LogP contribution in [0.15, 0.2) is 91.1 Å². The third-order valence-corrected chi connectivity index (χ3v) is 5.95. The Labute approximate surface area is 209 Å². The number of benzene rings is 4. The van der Waals surface area contributed by atoms with E-state index in [9.17, 15) is 22.4 Å². The molecule has 0 aliphatic heterocycles. The molecule has 1 amide bonds. The third kappa shape index (κ3) is 5.55. The van der Waals surface area contributed by atoms with Gasteiger partial charge in [0, 0.05) is 5.39 Å². The number of aromatic nitrogens is 2. The molecule has 188 valence electrons. The lowest BCUT2D eigenvalue weighted by molar-refractivity contribution is -0.174. The van der Waals surface area contributed by atoms with Crippen molar-refractivity contribution in [1.29, 1.82) is 0 Å². The van der Waals surface area contributed by atoms with Gasteiger partial charge in [-0.2, -0.15) is 18.3 Å². The molecule has 1 heterocycles. The molecule has 0 saturated carbocycles. The third-order valence-electron chi connectivity index (χ3n) is 5.95. The lowest BCUT2D eigenvalue weighted by Crippen LogP contribution is -2.46. The van der Waals surface area contributed by atoms with Crippen LogP contribution >= 0.6 is 0 Å². The second kappa shape index (κ2) is 9.93. The molecule has 1 aromatic heterocycles. The summed E-state index contributed by atoms with van der Waals surface area (Å²) in [4.78, 5) is 11.7. The van der Waals surface area contributed by atoms with Crippen LogP contribution in [-0.4, -0.2) is 34.5 Å². The van der Waals surface area contributed by atoms with Crippen molar-refractivity contribution >= 4 is 27.6 Å². The largest absolute Gasteiger partial charge is 0.491 e. The van der Waals surface area contributed by atoms with Gasteiger partial charge in [-0.05, 0) is 65.2 Å². The number of carbonyl (C=O) groups excluding carboxylic acids is 1. The standard InChI is InChI=1S/C28H21F4N3O2/c29-22-7-9-24(10-8-22)35-26-12-11-25(15-21(26)16-33-35)37-17-23(34-27(36)28(30,31)32)14-18-5-6-19-3-1-2-4-20(19)13-18/h1-13,15-16,23H,14,17H2,(H,34,36). The van der Waals surface area contributed by atoms with Gasteiger partial charge in [0.05, 0.1) is 23.4 Å². The summed E-state index contributed by atoms with van der Waals surface area (Å²) in [7, 11) is 0. The second-order valence-corrected chi connectivity index (χ2v) is 8.62. The van der Waals surface area contributed by atoms with Crippen molar-refractivity contribution in [1.82, 2.24) is 15.1 Å². The Kier molecular flexibility index (Phi) is 6.52. The van der Waals surface area contributed by atoms with Gasteiger partial charge in [0.2, 0.25) is 0 Å². The molecule has 0 aliphatic rings. The highest BCUT2D eigenvalue weighted by Gasteiger charge is 2.39. The second-order valence-electron chi connectivity index (χ2n) is 8.62. The van der Waals surface area contributed by atoms with E-state index >= 15 is 0 Å². The fourth-order valence-electron chi connectivity index (χ4n) is 4.15. The zero-order chi connectivity index (χ0) is 26.0. The molecule has 0 spiro atoms. The molecule has 37 heavy (non-hydrogen) atoms. The first kappa shape index (κ1) is 24.3. The lowest BCUT2D eigenvalue weighted by Gasteiger charge is -2.20. The molecule has 0 radical (unpaired) electrons. The van der Waals surface area contributed by atoms with Crippen molar-refractivity contribution in [2.24, 2.45) is 0 Å². The Balaban J connectivity index is 1.34. The van der Waals surface area contributed by atoms with E-state index in [2.05, 4.69) is 10.4 Å². The van der Waals surface area contributed by atoms with Gasteiger partial charge in [0.1, 0.15) is 18.2 Å². The molecule has 5 aromatic rings. The minimum Gasteiger partial charge on any atom is -0.491 e. The zero-order valence-electron chi connectivity index (χ0n) is 19.4. The first-order chi connectivity index (χ1) is 17.8. The monoisotopic (exact) mass is 507 g/mol. The molecular weight excluding hydrogens is 486 g/mol. The van der Waals surface area contributed by atoms with Gasteiger partial charge in [-0.1, -0.05) is 42.5 Å². The molecule has 1 atom stereocenters. The first-order valence-corrected chi connectivity index (χ1v) is 11.5. The normalized spacial score (nSPS) is 12.5. The van der Waals surface area contributed by atoms with E-state index in [0.717, 1.165) is 27.2 Å². The van der Waals surface area contributed by atoms with Crippen molar-refractivity contribution < 1.29 is 27.1 Å². The van der Waals surface area contributed by atoms with E-state index in [4.69, 9.17) is 4.74 Å². The molecule has 0 fully saturated rings. The molecule has 1 N–H and O–H groups in total. The average Bonchev–Trinajstić information content (AvgIpc) is 3.30. The highest BCUT2D eigenvalue weighted by Crippen LogP contribution is 2.24. The minimum absolute atomic E-state index is 0.150. The number of rotatable bonds is 7. The Morgan fingerprint density at radius 1 is 0.919 bits per heavy atom. The zero-order valence-corrected chi connectivity index (χ0v) is 19.4. The maximum absolute atomic E-state index is 13.3. The fraction of sp³-hybridized carbons (Fsp3) is 0.143. The molecule has 9 heteroatoms. The first-order valence-electron chi connectivity index (χ1n) is 11.5. The van der Waals surface area contributed by atoms with Gasteiger partial charge in [-0.3, -0.25) is 4.79 Å². The average molecular weight is 507 g/mol. The van der Waals surface area contributed by atoms with Crippen LogP contribution in [-0.2, 0) is 11.2 Å². The summed E-state index contributed by atoms with van der Waals surface area (Å²) in [5, 5.41) is 9.08. The fourth-order valence-corrected chi connectivity index (χ4v) is 4.15. The Morgan fingerprint density at radius 2 is 1.68 bits per heavy atom. The summed E-state index contributed by atoms with van der Waals surface area (Å²) in [6.07, 6.45) is -3.24. The highest BCUT2D eigenvalue weighted by atomic mass is 19.4. The van der Waals surface area contributed by atoms with Crippen molar-refractivity contribution in [2.75, 3.05) is 6.61 Å². The number of nitrogens with one attached hydrogen (secondary N) is 1. The maximum atomic E-state index is 13.3. The number of carbonyl (C=O) groups is 1. The topological polar surface area (TPSA) is 56.1 Å². The Hall–Kier alpha value is -4.40. The van der Waals surface area contributed by atoms with E-state index in [-0.39, 0.29) is 18.8 Å². The summed E-state index contributed by atoms with van der Waals surface area (Å²) in [6.45, 7) is -0.174. The number of alkyl halides is 3. The van der Waals surface area contributed by atoms with E-state index in [1.54, 1.807) is 41.2 Å². The molecule has 0 saturated heterocycles. The molecular formula is C28H21F4N3O2. The smallest absolute Gasteiger partial charge is 0.471 e. The van der Waals surface area contributed by atoms with Crippen LogP contribution in [0.3, 0.4) is 0 Å². The summed E-state index contributed by atoms with van der Waals surface area (Å²) in [6, 6.07) is 23.3. The number of amides is 1. The highest BCUT2D eigenvalue weighted by molar-refractivity contribution is 5.84. The van der Waals surface area contributed by atoms with Gasteiger partial charge in [-0.15, -0.1) is 0 Å². The van der Waals surface area contributed by atoms with E-state index < -0.39 is 18.1 Å². The van der Waals surface area contributed by atoms with Crippen LogP contribution in [0.2, 0.25) is 0 Å². The van der Waals surface area contributed by atoms with E-state index in [1.807, 2.05) is 42.5 Å².